The smallest absolute Gasteiger partial charge is 0.269 e. The van der Waals surface area contributed by atoms with Crippen molar-refractivity contribution in [3.8, 4) is 11.6 Å². The molecule has 3 heterocycles. The number of carbonyl (C=O) groups excluding carboxylic acids is 1. The number of carbonyl (C=O) groups is 1. The molecule has 1 amide bonds. The molecule has 1 aromatic carbocycles. The van der Waals surface area contributed by atoms with E-state index in [-0.39, 0.29) is 22.9 Å². The highest BCUT2D eigenvalue weighted by Gasteiger charge is 2.32. The lowest BCUT2D eigenvalue weighted by atomic mass is 10.1. The van der Waals surface area contributed by atoms with E-state index in [9.17, 15) is 9.59 Å². The Morgan fingerprint density at radius 3 is 2.75 bits per heavy atom. The second-order valence-electron chi connectivity index (χ2n) is 7.26. The van der Waals surface area contributed by atoms with Gasteiger partial charge in [-0.25, -0.2) is 0 Å². The molecular formula is C23H21N3O4S2. The van der Waals surface area contributed by atoms with Gasteiger partial charge in [0.2, 0.25) is 5.88 Å². The summed E-state index contributed by atoms with van der Waals surface area (Å²) in [5.41, 5.74) is 2.30. The molecule has 0 saturated carbocycles. The van der Waals surface area contributed by atoms with Crippen molar-refractivity contribution < 1.29 is 14.3 Å². The van der Waals surface area contributed by atoms with Gasteiger partial charge in [-0.3, -0.25) is 18.9 Å². The second kappa shape index (κ2) is 9.23. The monoisotopic (exact) mass is 467 g/mol. The van der Waals surface area contributed by atoms with E-state index in [0.29, 0.717) is 33.8 Å². The SMILES string of the molecule is COCCN1C(=O)/C(=C\c2c(Oc3ccc(C)cc3C)nc3ccccn3c2=O)SC1=S. The van der Waals surface area contributed by atoms with Gasteiger partial charge in [-0.15, -0.1) is 0 Å². The largest absolute Gasteiger partial charge is 0.438 e. The standard InChI is InChI=1S/C23H21N3O4S2/c1-14-7-8-17(15(2)12-14)30-20-16(21(27)25-9-5-4-6-19(25)24-20)13-18-22(28)26(10-11-29-3)23(31)32-18/h4-9,12-13H,10-11H2,1-3H3/b18-13+. The Kier molecular flexibility index (Phi) is 6.40. The lowest BCUT2D eigenvalue weighted by Crippen LogP contribution is -2.31. The van der Waals surface area contributed by atoms with Gasteiger partial charge in [-0.1, -0.05) is 47.7 Å². The van der Waals surface area contributed by atoms with Crippen molar-refractivity contribution in [2.75, 3.05) is 20.3 Å². The zero-order valence-electron chi connectivity index (χ0n) is 17.8. The van der Waals surface area contributed by atoms with Crippen LogP contribution in [0.1, 0.15) is 16.7 Å². The molecule has 4 rings (SSSR count). The van der Waals surface area contributed by atoms with Crippen LogP contribution in [0.2, 0.25) is 0 Å². The van der Waals surface area contributed by atoms with Gasteiger partial charge in [0.1, 0.15) is 21.3 Å². The van der Waals surface area contributed by atoms with Crippen LogP contribution < -0.4 is 10.3 Å². The van der Waals surface area contributed by atoms with Crippen LogP contribution in [0, 0.1) is 13.8 Å². The van der Waals surface area contributed by atoms with Crippen LogP contribution in [0.5, 0.6) is 11.6 Å². The predicted molar refractivity (Wildman–Crippen MR) is 129 cm³/mol. The average molecular weight is 468 g/mol. The van der Waals surface area contributed by atoms with Gasteiger partial charge < -0.3 is 9.47 Å². The summed E-state index contributed by atoms with van der Waals surface area (Å²) in [7, 11) is 1.56. The van der Waals surface area contributed by atoms with Crippen molar-refractivity contribution in [1.82, 2.24) is 14.3 Å². The molecule has 7 nitrogen and oxygen atoms in total. The zero-order valence-corrected chi connectivity index (χ0v) is 19.5. The summed E-state index contributed by atoms with van der Waals surface area (Å²) in [6.45, 7) is 4.63. The fourth-order valence-electron chi connectivity index (χ4n) is 3.31. The zero-order chi connectivity index (χ0) is 22.8. The number of thiocarbonyl (C=S) groups is 1. The third-order valence-corrected chi connectivity index (χ3v) is 6.32. The van der Waals surface area contributed by atoms with E-state index >= 15 is 0 Å². The lowest BCUT2D eigenvalue weighted by molar-refractivity contribution is -0.122. The van der Waals surface area contributed by atoms with E-state index in [0.717, 1.165) is 22.9 Å². The highest BCUT2D eigenvalue weighted by atomic mass is 32.2. The first-order valence-electron chi connectivity index (χ1n) is 9.90. The molecule has 1 aliphatic heterocycles. The number of ether oxygens (including phenoxy) is 2. The summed E-state index contributed by atoms with van der Waals surface area (Å²) in [4.78, 5) is 32.6. The molecule has 0 spiro atoms. The molecule has 32 heavy (non-hydrogen) atoms. The molecule has 0 radical (unpaired) electrons. The van der Waals surface area contributed by atoms with Crippen molar-refractivity contribution in [3.05, 3.63) is 74.5 Å². The molecule has 0 bridgehead atoms. The number of hydrogen-bond acceptors (Lipinski definition) is 7. The van der Waals surface area contributed by atoms with E-state index in [1.165, 1.54) is 15.4 Å². The Morgan fingerprint density at radius 1 is 1.19 bits per heavy atom. The first-order chi connectivity index (χ1) is 15.4. The van der Waals surface area contributed by atoms with Crippen LogP contribution in [-0.2, 0) is 9.53 Å². The minimum Gasteiger partial charge on any atom is -0.438 e. The molecule has 0 unspecified atom stereocenters. The quantitative estimate of drug-likeness (QED) is 0.401. The van der Waals surface area contributed by atoms with E-state index in [4.69, 9.17) is 21.7 Å². The second-order valence-corrected chi connectivity index (χ2v) is 8.94. The van der Waals surface area contributed by atoms with Crippen molar-refractivity contribution in [2.45, 2.75) is 13.8 Å². The number of benzene rings is 1. The molecule has 9 heteroatoms. The molecule has 1 aliphatic rings. The third kappa shape index (κ3) is 4.32. The predicted octanol–water partition coefficient (Wildman–Crippen LogP) is 3.95. The maximum atomic E-state index is 13.3. The first kappa shape index (κ1) is 22.2. The van der Waals surface area contributed by atoms with Gasteiger partial charge in [0.25, 0.3) is 11.5 Å². The number of thioether (sulfide) groups is 1. The maximum Gasteiger partial charge on any atom is 0.269 e. The number of hydrogen-bond donors (Lipinski definition) is 0. The van der Waals surface area contributed by atoms with E-state index < -0.39 is 0 Å². The fourth-order valence-corrected chi connectivity index (χ4v) is 4.60. The highest BCUT2D eigenvalue weighted by Crippen LogP contribution is 2.34. The Bertz CT molecular complexity index is 1320. The van der Waals surface area contributed by atoms with Gasteiger partial charge in [0.15, 0.2) is 0 Å². The summed E-state index contributed by atoms with van der Waals surface area (Å²) < 4.78 is 13.0. The van der Waals surface area contributed by atoms with Gasteiger partial charge in [-0.05, 0) is 43.7 Å². The van der Waals surface area contributed by atoms with Crippen LogP contribution in [0.4, 0.5) is 0 Å². The van der Waals surface area contributed by atoms with Crippen LogP contribution in [-0.4, -0.2) is 44.8 Å². The number of aromatic nitrogens is 2. The van der Waals surface area contributed by atoms with Gasteiger partial charge in [-0.2, -0.15) is 4.98 Å². The number of nitrogens with zero attached hydrogens (tertiary/aromatic N) is 3. The molecular weight excluding hydrogens is 446 g/mol. The topological polar surface area (TPSA) is 73.1 Å². The minimum atomic E-state index is -0.336. The lowest BCUT2D eigenvalue weighted by Gasteiger charge is -2.13. The first-order valence-corrected chi connectivity index (χ1v) is 11.1. The van der Waals surface area contributed by atoms with Crippen LogP contribution in [0.25, 0.3) is 11.7 Å². The molecule has 0 atom stereocenters. The fraction of sp³-hybridized carbons (Fsp3) is 0.217. The van der Waals surface area contributed by atoms with Crippen LogP contribution in [0.3, 0.4) is 0 Å². The van der Waals surface area contributed by atoms with Crippen molar-refractivity contribution in [1.29, 1.82) is 0 Å². The molecule has 2 aromatic heterocycles. The van der Waals surface area contributed by atoms with E-state index in [2.05, 4.69) is 4.98 Å². The Balaban J connectivity index is 1.82. The maximum absolute atomic E-state index is 13.3. The number of rotatable bonds is 6. The number of aryl methyl sites for hydroxylation is 2. The van der Waals surface area contributed by atoms with Crippen molar-refractivity contribution in [2.24, 2.45) is 0 Å². The summed E-state index contributed by atoms with van der Waals surface area (Å²) in [5.74, 6) is 0.451. The summed E-state index contributed by atoms with van der Waals surface area (Å²) in [6.07, 6.45) is 3.15. The van der Waals surface area contributed by atoms with E-state index in [1.54, 1.807) is 31.5 Å². The number of fused-ring (bicyclic) bond motifs is 1. The minimum absolute atomic E-state index is 0.135. The Hall–Kier alpha value is -3.01. The summed E-state index contributed by atoms with van der Waals surface area (Å²) in [5, 5.41) is 0. The number of methoxy groups -OCH3 is 1. The molecule has 164 valence electrons. The average Bonchev–Trinajstić information content (AvgIpc) is 3.03. The highest BCUT2D eigenvalue weighted by molar-refractivity contribution is 8.26. The van der Waals surface area contributed by atoms with Crippen LogP contribution in [0.15, 0.2) is 52.3 Å². The third-order valence-electron chi connectivity index (χ3n) is 4.94. The number of pyridine rings is 1. The molecule has 0 N–H and O–H groups in total. The van der Waals surface area contributed by atoms with Crippen molar-refractivity contribution >= 4 is 45.9 Å². The number of amides is 1. The van der Waals surface area contributed by atoms with Gasteiger partial charge >= 0.3 is 0 Å². The van der Waals surface area contributed by atoms with Gasteiger partial charge in [0, 0.05) is 13.3 Å². The summed E-state index contributed by atoms with van der Waals surface area (Å²) in [6, 6.07) is 11.0. The molecule has 3 aromatic rings. The van der Waals surface area contributed by atoms with Gasteiger partial charge in [0.05, 0.1) is 18.1 Å². The molecule has 1 saturated heterocycles. The van der Waals surface area contributed by atoms with Crippen LogP contribution >= 0.6 is 24.0 Å². The Labute approximate surface area is 194 Å². The summed E-state index contributed by atoms with van der Waals surface area (Å²) >= 11 is 6.49. The normalized spacial score (nSPS) is 15.2. The van der Waals surface area contributed by atoms with E-state index in [1.807, 2.05) is 32.0 Å². The molecule has 0 aliphatic carbocycles. The Morgan fingerprint density at radius 2 is 2.00 bits per heavy atom. The molecule has 1 fully saturated rings. The van der Waals surface area contributed by atoms with Crippen molar-refractivity contribution in [3.63, 3.8) is 0 Å².